The van der Waals surface area contributed by atoms with E-state index in [2.05, 4.69) is 5.32 Å². The van der Waals surface area contributed by atoms with Crippen molar-refractivity contribution < 1.29 is 26.7 Å². The zero-order chi connectivity index (χ0) is 23.3. The Labute approximate surface area is 189 Å². The van der Waals surface area contributed by atoms with Crippen LogP contribution in [0.25, 0.3) is 0 Å². The lowest BCUT2D eigenvalue weighted by Gasteiger charge is -2.24. The molecule has 0 aliphatic rings. The highest BCUT2D eigenvalue weighted by atomic mass is 35.5. The van der Waals surface area contributed by atoms with Crippen molar-refractivity contribution in [2.75, 3.05) is 22.8 Å². The number of anilines is 2. The van der Waals surface area contributed by atoms with Gasteiger partial charge < -0.3 is 10.1 Å². The van der Waals surface area contributed by atoms with Crippen LogP contribution in [0.1, 0.15) is 6.92 Å². The van der Waals surface area contributed by atoms with E-state index in [0.717, 1.165) is 22.5 Å². The fraction of sp³-hybridized carbons (Fsp3) is 0.136. The third-order valence-corrected chi connectivity index (χ3v) is 6.41. The molecule has 0 aliphatic carbocycles. The highest BCUT2D eigenvalue weighted by molar-refractivity contribution is 7.92. The lowest BCUT2D eigenvalue weighted by Crippen LogP contribution is -2.38. The number of rotatable bonds is 8. The van der Waals surface area contributed by atoms with Crippen LogP contribution in [0.3, 0.4) is 0 Å². The summed E-state index contributed by atoms with van der Waals surface area (Å²) in [6.07, 6.45) is 0. The second kappa shape index (κ2) is 9.97. The molecule has 0 aromatic heterocycles. The topological polar surface area (TPSA) is 75.7 Å². The first-order chi connectivity index (χ1) is 15.2. The molecule has 1 amide bonds. The fourth-order valence-electron chi connectivity index (χ4n) is 2.83. The van der Waals surface area contributed by atoms with Gasteiger partial charge in [0.15, 0.2) is 0 Å². The summed E-state index contributed by atoms with van der Waals surface area (Å²) in [5.74, 6) is -1.43. The van der Waals surface area contributed by atoms with Gasteiger partial charge in [-0.15, -0.1) is 0 Å². The number of hydrogen-bond acceptors (Lipinski definition) is 4. The van der Waals surface area contributed by atoms with Crippen LogP contribution < -0.4 is 14.4 Å². The molecule has 0 bridgehead atoms. The number of amides is 1. The van der Waals surface area contributed by atoms with Gasteiger partial charge in [0.05, 0.1) is 22.2 Å². The van der Waals surface area contributed by atoms with Gasteiger partial charge in [-0.2, -0.15) is 0 Å². The van der Waals surface area contributed by atoms with Gasteiger partial charge >= 0.3 is 0 Å². The number of nitrogens with zero attached hydrogens (tertiary/aromatic N) is 1. The minimum atomic E-state index is -4.19. The molecular formula is C22H19ClF2N2O4S. The smallest absolute Gasteiger partial charge is 0.264 e. The Morgan fingerprint density at radius 3 is 2.28 bits per heavy atom. The molecule has 10 heteroatoms. The summed E-state index contributed by atoms with van der Waals surface area (Å²) in [6.45, 7) is 1.60. The van der Waals surface area contributed by atoms with E-state index in [0.29, 0.717) is 12.4 Å². The van der Waals surface area contributed by atoms with Crippen LogP contribution >= 0.6 is 11.6 Å². The molecule has 0 heterocycles. The Balaban J connectivity index is 1.91. The van der Waals surface area contributed by atoms with Gasteiger partial charge in [0.25, 0.3) is 10.0 Å². The third kappa shape index (κ3) is 5.54. The summed E-state index contributed by atoms with van der Waals surface area (Å²) in [7, 11) is -4.19. The second-order valence-electron chi connectivity index (χ2n) is 6.57. The first-order valence-corrected chi connectivity index (χ1v) is 11.3. The summed E-state index contributed by atoms with van der Waals surface area (Å²) >= 11 is 5.72. The highest BCUT2D eigenvalue weighted by Gasteiger charge is 2.27. The van der Waals surface area contributed by atoms with Gasteiger partial charge in [0, 0.05) is 5.69 Å². The standard InChI is InChI=1S/C22H19ClF2N2O4S/c1-2-31-18-8-10-19(11-9-18)32(29,30)27(17-6-3-15(24)4-7-17)14-22(28)26-16-5-12-21(25)20(23)13-16/h3-13H,2,14H2,1H3,(H,26,28). The zero-order valence-electron chi connectivity index (χ0n) is 16.9. The summed E-state index contributed by atoms with van der Waals surface area (Å²) in [5, 5.41) is 2.29. The molecule has 0 saturated carbocycles. The molecular weight excluding hydrogens is 462 g/mol. The average Bonchev–Trinajstić information content (AvgIpc) is 2.76. The van der Waals surface area contributed by atoms with Crippen LogP contribution in [0, 0.1) is 11.6 Å². The second-order valence-corrected chi connectivity index (χ2v) is 8.84. The predicted octanol–water partition coefficient (Wildman–Crippen LogP) is 4.85. The van der Waals surface area contributed by atoms with Crippen molar-refractivity contribution in [1.29, 1.82) is 0 Å². The molecule has 3 aromatic carbocycles. The first-order valence-electron chi connectivity index (χ1n) is 9.47. The third-order valence-electron chi connectivity index (χ3n) is 4.33. The quantitative estimate of drug-likeness (QED) is 0.500. The number of halogens is 3. The van der Waals surface area contributed by atoms with Crippen molar-refractivity contribution in [2.45, 2.75) is 11.8 Å². The summed E-state index contributed by atoms with van der Waals surface area (Å²) in [6, 6.07) is 14.0. The van der Waals surface area contributed by atoms with Crippen molar-refractivity contribution in [1.82, 2.24) is 0 Å². The van der Waals surface area contributed by atoms with Crippen LogP contribution in [0.2, 0.25) is 5.02 Å². The summed E-state index contributed by atoms with van der Waals surface area (Å²) in [4.78, 5) is 12.5. The molecule has 32 heavy (non-hydrogen) atoms. The Kier molecular flexibility index (Phi) is 7.32. The molecule has 0 aliphatic heterocycles. The van der Waals surface area contributed by atoms with Crippen molar-refractivity contribution in [3.63, 3.8) is 0 Å². The van der Waals surface area contributed by atoms with Gasteiger partial charge in [-0.05, 0) is 73.7 Å². The van der Waals surface area contributed by atoms with Crippen LogP contribution in [0.4, 0.5) is 20.2 Å². The lowest BCUT2D eigenvalue weighted by molar-refractivity contribution is -0.114. The number of carbonyl (C=O) groups excluding carboxylic acids is 1. The Morgan fingerprint density at radius 2 is 1.69 bits per heavy atom. The van der Waals surface area contributed by atoms with E-state index in [1.54, 1.807) is 6.92 Å². The monoisotopic (exact) mass is 480 g/mol. The van der Waals surface area contributed by atoms with Crippen LogP contribution in [-0.4, -0.2) is 27.5 Å². The minimum Gasteiger partial charge on any atom is -0.494 e. The van der Waals surface area contributed by atoms with E-state index >= 15 is 0 Å². The molecule has 0 atom stereocenters. The number of ether oxygens (including phenoxy) is 1. The number of benzene rings is 3. The van der Waals surface area contributed by atoms with Crippen molar-refractivity contribution in [3.05, 3.63) is 83.4 Å². The molecule has 0 saturated heterocycles. The van der Waals surface area contributed by atoms with Crippen molar-refractivity contribution in [2.24, 2.45) is 0 Å². The van der Waals surface area contributed by atoms with Crippen molar-refractivity contribution in [3.8, 4) is 5.75 Å². The molecule has 168 valence electrons. The summed E-state index contributed by atoms with van der Waals surface area (Å²) < 4.78 is 59.6. The average molecular weight is 481 g/mol. The molecule has 3 aromatic rings. The number of hydrogen-bond donors (Lipinski definition) is 1. The highest BCUT2D eigenvalue weighted by Crippen LogP contribution is 2.26. The minimum absolute atomic E-state index is 0.0806. The molecule has 0 radical (unpaired) electrons. The van der Waals surface area contributed by atoms with E-state index in [4.69, 9.17) is 16.3 Å². The molecule has 6 nitrogen and oxygen atoms in total. The number of sulfonamides is 1. The Morgan fingerprint density at radius 1 is 1.03 bits per heavy atom. The van der Waals surface area contributed by atoms with E-state index in [1.165, 1.54) is 48.5 Å². The SMILES string of the molecule is CCOc1ccc(S(=O)(=O)N(CC(=O)Nc2ccc(F)c(Cl)c2)c2ccc(F)cc2)cc1. The van der Waals surface area contributed by atoms with E-state index in [1.807, 2.05) is 0 Å². The molecule has 3 rings (SSSR count). The van der Waals surface area contributed by atoms with Gasteiger partial charge in [0.2, 0.25) is 5.91 Å². The maximum atomic E-state index is 13.4. The van der Waals surface area contributed by atoms with Crippen LogP contribution in [0.15, 0.2) is 71.6 Å². The van der Waals surface area contributed by atoms with Gasteiger partial charge in [-0.1, -0.05) is 11.6 Å². The van der Waals surface area contributed by atoms with Gasteiger partial charge in [-0.3, -0.25) is 9.10 Å². The molecule has 0 fully saturated rings. The van der Waals surface area contributed by atoms with E-state index in [9.17, 15) is 22.0 Å². The van der Waals surface area contributed by atoms with E-state index in [-0.39, 0.29) is 21.3 Å². The maximum absolute atomic E-state index is 13.4. The summed E-state index contributed by atoms with van der Waals surface area (Å²) in [5.41, 5.74) is 0.284. The van der Waals surface area contributed by atoms with Crippen LogP contribution in [0.5, 0.6) is 5.75 Å². The van der Waals surface area contributed by atoms with Gasteiger partial charge in [0.1, 0.15) is 23.9 Å². The van der Waals surface area contributed by atoms with Crippen LogP contribution in [-0.2, 0) is 14.8 Å². The fourth-order valence-corrected chi connectivity index (χ4v) is 4.43. The maximum Gasteiger partial charge on any atom is 0.264 e. The predicted molar refractivity (Wildman–Crippen MR) is 119 cm³/mol. The largest absolute Gasteiger partial charge is 0.494 e. The Hall–Kier alpha value is -3.17. The zero-order valence-corrected chi connectivity index (χ0v) is 18.5. The molecule has 0 unspecified atom stereocenters. The first kappa shape index (κ1) is 23.5. The molecule has 1 N–H and O–H groups in total. The molecule has 0 spiro atoms. The normalized spacial score (nSPS) is 11.1. The number of nitrogens with one attached hydrogen (secondary N) is 1. The Bertz CT molecular complexity index is 1200. The lowest BCUT2D eigenvalue weighted by atomic mass is 10.3. The van der Waals surface area contributed by atoms with Gasteiger partial charge in [-0.25, -0.2) is 17.2 Å². The number of carbonyl (C=O) groups is 1. The van der Waals surface area contributed by atoms with E-state index < -0.39 is 34.1 Å². The van der Waals surface area contributed by atoms with Crippen molar-refractivity contribution >= 4 is 38.9 Å².